The van der Waals surface area contributed by atoms with Gasteiger partial charge in [0.15, 0.2) is 5.69 Å². The van der Waals surface area contributed by atoms with E-state index in [4.69, 9.17) is 4.74 Å². The van der Waals surface area contributed by atoms with Gasteiger partial charge in [-0.25, -0.2) is 9.78 Å². The van der Waals surface area contributed by atoms with Gasteiger partial charge in [-0.05, 0) is 17.7 Å². The molecule has 0 spiro atoms. The molecule has 0 saturated heterocycles. The fraction of sp³-hybridized carbons (Fsp3) is 0.125. The van der Waals surface area contributed by atoms with Crippen LogP contribution in [0.15, 0.2) is 54.7 Å². The first kappa shape index (κ1) is 13.2. The maximum Gasteiger partial charge on any atom is 0.360 e. The average molecular weight is 281 g/mol. The second-order valence-electron chi connectivity index (χ2n) is 4.57. The lowest BCUT2D eigenvalue weighted by molar-refractivity contribution is 0.0596. The van der Waals surface area contributed by atoms with Gasteiger partial charge in [0.1, 0.15) is 11.5 Å². The molecule has 0 bridgehead atoms. The number of carbonyl (C=O) groups excluding carboxylic acids is 1. The fourth-order valence-corrected chi connectivity index (χ4v) is 2.19. The molecule has 0 atom stereocenters. The lowest BCUT2D eigenvalue weighted by Crippen LogP contribution is -2.09. The number of benzene rings is 1. The number of esters is 1. The third kappa shape index (κ3) is 2.58. The molecule has 0 saturated carbocycles. The summed E-state index contributed by atoms with van der Waals surface area (Å²) in [5.74, 6) is 0.190. The molecule has 0 aliphatic heterocycles. The maximum atomic E-state index is 11.9. The molecule has 106 valence electrons. The van der Waals surface area contributed by atoms with Gasteiger partial charge in [-0.2, -0.15) is 0 Å². The van der Waals surface area contributed by atoms with Crippen molar-refractivity contribution in [3.8, 4) is 0 Å². The van der Waals surface area contributed by atoms with Gasteiger partial charge in [-0.15, -0.1) is 0 Å². The summed E-state index contributed by atoms with van der Waals surface area (Å²) in [6.45, 7) is 0.605. The molecule has 1 aromatic carbocycles. The minimum Gasteiger partial charge on any atom is -0.464 e. The summed E-state index contributed by atoms with van der Waals surface area (Å²) >= 11 is 0. The first-order valence-electron chi connectivity index (χ1n) is 6.63. The SMILES string of the molecule is COC(=O)c1nc2ccccn2c1NCc1ccccc1. The minimum atomic E-state index is -0.450. The molecule has 2 aromatic heterocycles. The Morgan fingerprint density at radius 2 is 1.95 bits per heavy atom. The summed E-state index contributed by atoms with van der Waals surface area (Å²) < 4.78 is 6.65. The Labute approximate surface area is 122 Å². The van der Waals surface area contributed by atoms with Crippen LogP contribution in [0.5, 0.6) is 0 Å². The average Bonchev–Trinajstić information content (AvgIpc) is 2.92. The van der Waals surface area contributed by atoms with Crippen LogP contribution in [0, 0.1) is 0 Å². The molecule has 3 rings (SSSR count). The Bertz CT molecular complexity index is 766. The maximum absolute atomic E-state index is 11.9. The quantitative estimate of drug-likeness (QED) is 0.747. The summed E-state index contributed by atoms with van der Waals surface area (Å²) in [6, 6.07) is 15.6. The number of carbonyl (C=O) groups is 1. The number of hydrogen-bond acceptors (Lipinski definition) is 4. The summed E-state index contributed by atoms with van der Waals surface area (Å²) in [5, 5.41) is 3.27. The molecule has 0 aliphatic rings. The van der Waals surface area contributed by atoms with E-state index in [2.05, 4.69) is 10.3 Å². The van der Waals surface area contributed by atoms with E-state index in [0.717, 1.165) is 5.56 Å². The molecular formula is C16H15N3O2. The highest BCUT2D eigenvalue weighted by Gasteiger charge is 2.19. The molecule has 3 aromatic rings. The van der Waals surface area contributed by atoms with E-state index in [9.17, 15) is 4.79 Å². The second kappa shape index (κ2) is 5.66. The number of nitrogens with zero attached hydrogens (tertiary/aromatic N) is 2. The van der Waals surface area contributed by atoms with Crippen LogP contribution in [0.3, 0.4) is 0 Å². The Morgan fingerprint density at radius 3 is 2.71 bits per heavy atom. The minimum absolute atomic E-state index is 0.291. The number of aromatic nitrogens is 2. The molecule has 0 amide bonds. The molecule has 5 heteroatoms. The lowest BCUT2D eigenvalue weighted by atomic mass is 10.2. The number of ether oxygens (including phenoxy) is 1. The van der Waals surface area contributed by atoms with Gasteiger partial charge < -0.3 is 10.1 Å². The van der Waals surface area contributed by atoms with Gasteiger partial charge in [0.25, 0.3) is 0 Å². The molecule has 0 unspecified atom stereocenters. The zero-order chi connectivity index (χ0) is 14.7. The van der Waals surface area contributed by atoms with Crippen molar-refractivity contribution in [1.29, 1.82) is 0 Å². The van der Waals surface area contributed by atoms with E-state index in [1.165, 1.54) is 7.11 Å². The van der Waals surface area contributed by atoms with Crippen LogP contribution in [0.25, 0.3) is 5.65 Å². The summed E-state index contributed by atoms with van der Waals surface area (Å²) in [5.41, 5.74) is 2.12. The lowest BCUT2D eigenvalue weighted by Gasteiger charge is -2.08. The second-order valence-corrected chi connectivity index (χ2v) is 4.57. The monoisotopic (exact) mass is 281 g/mol. The highest BCUT2D eigenvalue weighted by Crippen LogP contribution is 2.19. The standard InChI is InChI=1S/C16H15N3O2/c1-21-16(20)14-15(17-11-12-7-3-2-4-8-12)19-10-6-5-9-13(19)18-14/h2-10,17H,11H2,1H3. The summed E-state index contributed by atoms with van der Waals surface area (Å²) in [4.78, 5) is 16.2. The highest BCUT2D eigenvalue weighted by molar-refractivity contribution is 5.94. The molecule has 21 heavy (non-hydrogen) atoms. The van der Waals surface area contributed by atoms with Crippen LogP contribution < -0.4 is 5.32 Å². The van der Waals surface area contributed by atoms with E-state index >= 15 is 0 Å². The number of pyridine rings is 1. The molecule has 2 heterocycles. The van der Waals surface area contributed by atoms with Crippen molar-refractivity contribution >= 4 is 17.4 Å². The van der Waals surface area contributed by atoms with E-state index in [1.54, 1.807) is 0 Å². The zero-order valence-corrected chi connectivity index (χ0v) is 11.6. The molecule has 0 aliphatic carbocycles. The number of imidazole rings is 1. The van der Waals surface area contributed by atoms with Crippen LogP contribution in [0.4, 0.5) is 5.82 Å². The van der Waals surface area contributed by atoms with Gasteiger partial charge in [-0.1, -0.05) is 36.4 Å². The Morgan fingerprint density at radius 1 is 1.19 bits per heavy atom. The van der Waals surface area contributed by atoms with E-state index in [0.29, 0.717) is 23.7 Å². The normalized spacial score (nSPS) is 10.5. The van der Waals surface area contributed by atoms with Crippen molar-refractivity contribution in [1.82, 2.24) is 9.38 Å². The van der Waals surface area contributed by atoms with Gasteiger partial charge in [0.2, 0.25) is 0 Å². The summed E-state index contributed by atoms with van der Waals surface area (Å²) in [7, 11) is 1.35. The van der Waals surface area contributed by atoms with Crippen LogP contribution in [0.1, 0.15) is 16.1 Å². The van der Waals surface area contributed by atoms with Gasteiger partial charge >= 0.3 is 5.97 Å². The summed E-state index contributed by atoms with van der Waals surface area (Å²) in [6.07, 6.45) is 1.86. The topological polar surface area (TPSA) is 55.6 Å². The molecule has 0 fully saturated rings. The Kier molecular flexibility index (Phi) is 3.55. The van der Waals surface area contributed by atoms with Crippen molar-refractivity contribution in [3.63, 3.8) is 0 Å². The van der Waals surface area contributed by atoms with Crippen LogP contribution in [-0.4, -0.2) is 22.5 Å². The van der Waals surface area contributed by atoms with Crippen LogP contribution in [0.2, 0.25) is 0 Å². The van der Waals surface area contributed by atoms with Gasteiger partial charge in [0.05, 0.1) is 7.11 Å². The number of nitrogens with one attached hydrogen (secondary N) is 1. The number of fused-ring (bicyclic) bond motifs is 1. The number of anilines is 1. The van der Waals surface area contributed by atoms with Crippen molar-refractivity contribution < 1.29 is 9.53 Å². The first-order chi connectivity index (χ1) is 10.3. The van der Waals surface area contributed by atoms with Crippen molar-refractivity contribution in [2.75, 3.05) is 12.4 Å². The van der Waals surface area contributed by atoms with Gasteiger partial charge in [-0.3, -0.25) is 4.40 Å². The first-order valence-corrected chi connectivity index (χ1v) is 6.63. The molecule has 0 radical (unpaired) electrons. The third-order valence-corrected chi connectivity index (χ3v) is 3.21. The van der Waals surface area contributed by atoms with Gasteiger partial charge in [0, 0.05) is 12.7 Å². The van der Waals surface area contributed by atoms with Crippen LogP contribution >= 0.6 is 0 Å². The van der Waals surface area contributed by atoms with Crippen molar-refractivity contribution in [2.24, 2.45) is 0 Å². The third-order valence-electron chi connectivity index (χ3n) is 3.21. The Hall–Kier alpha value is -2.82. The molecule has 1 N–H and O–H groups in total. The number of hydrogen-bond donors (Lipinski definition) is 1. The molecular weight excluding hydrogens is 266 g/mol. The van der Waals surface area contributed by atoms with Crippen LogP contribution in [-0.2, 0) is 11.3 Å². The van der Waals surface area contributed by atoms with E-state index in [1.807, 2.05) is 59.1 Å². The zero-order valence-electron chi connectivity index (χ0n) is 11.6. The smallest absolute Gasteiger partial charge is 0.360 e. The largest absolute Gasteiger partial charge is 0.464 e. The fourth-order valence-electron chi connectivity index (χ4n) is 2.19. The van der Waals surface area contributed by atoms with E-state index in [-0.39, 0.29) is 0 Å². The van der Waals surface area contributed by atoms with E-state index < -0.39 is 5.97 Å². The predicted octanol–water partition coefficient (Wildman–Crippen LogP) is 2.73. The van der Waals surface area contributed by atoms with Crippen molar-refractivity contribution in [2.45, 2.75) is 6.54 Å². The molecule has 5 nitrogen and oxygen atoms in total. The predicted molar refractivity (Wildman–Crippen MR) is 80.3 cm³/mol. The number of methoxy groups -OCH3 is 1. The highest BCUT2D eigenvalue weighted by atomic mass is 16.5. The Balaban J connectivity index is 1.97. The number of rotatable bonds is 4. The van der Waals surface area contributed by atoms with Crippen molar-refractivity contribution in [3.05, 3.63) is 66.0 Å².